The van der Waals surface area contributed by atoms with Crippen LogP contribution in [-0.4, -0.2) is 40.3 Å². The number of hydrogen-bond donors (Lipinski definition) is 4. The Balaban J connectivity index is 0.000000325. The molecule has 0 aromatic heterocycles. The lowest BCUT2D eigenvalue weighted by atomic mass is 10.2. The van der Waals surface area contributed by atoms with Crippen LogP contribution in [0, 0.1) is 0 Å². The zero-order valence-electron chi connectivity index (χ0n) is 9.15. The van der Waals surface area contributed by atoms with Gasteiger partial charge in [0, 0.05) is 0 Å². The maximum absolute atomic E-state index is 8.42. The lowest BCUT2D eigenvalue weighted by Crippen LogP contribution is -2.20. The van der Waals surface area contributed by atoms with Crippen molar-refractivity contribution >= 4 is 7.32 Å². The van der Waals surface area contributed by atoms with Crippen LogP contribution in [0.3, 0.4) is 0 Å². The standard InChI is InChI=1S/C6H7BO3.C4H10O2/c8-7(9)10-6-4-2-1-3-5-6;1-2-4(6)3-5/h1-5,8-9H;4-6H,2-3H2,1H3. The Labute approximate surface area is 95.1 Å². The Kier molecular flexibility index (Phi) is 8.56. The average Bonchev–Trinajstić information content (AvgIpc) is 2.29. The van der Waals surface area contributed by atoms with Gasteiger partial charge in [0.1, 0.15) is 5.75 Å². The molecule has 1 aromatic rings. The predicted octanol–water partition coefficient (Wildman–Crippen LogP) is -0.216. The van der Waals surface area contributed by atoms with Crippen molar-refractivity contribution in [3.05, 3.63) is 30.3 Å². The van der Waals surface area contributed by atoms with Gasteiger partial charge in [0.15, 0.2) is 0 Å². The molecule has 0 fully saturated rings. The maximum Gasteiger partial charge on any atom is 0.707 e. The maximum atomic E-state index is 8.42. The molecular formula is C10H17BO5. The van der Waals surface area contributed by atoms with E-state index in [0.717, 1.165) is 0 Å². The minimum atomic E-state index is -1.73. The molecular weight excluding hydrogens is 211 g/mol. The van der Waals surface area contributed by atoms with Gasteiger partial charge in [-0.3, -0.25) is 0 Å². The summed E-state index contributed by atoms with van der Waals surface area (Å²) >= 11 is 0. The van der Waals surface area contributed by atoms with Gasteiger partial charge in [-0.05, 0) is 18.6 Å². The van der Waals surface area contributed by atoms with Gasteiger partial charge in [-0.2, -0.15) is 0 Å². The van der Waals surface area contributed by atoms with Crippen molar-refractivity contribution in [1.29, 1.82) is 0 Å². The van der Waals surface area contributed by atoms with Crippen molar-refractivity contribution in [2.45, 2.75) is 19.4 Å². The normalized spacial score (nSPS) is 11.1. The van der Waals surface area contributed by atoms with Crippen LogP contribution in [0.5, 0.6) is 5.75 Å². The van der Waals surface area contributed by atoms with Gasteiger partial charge >= 0.3 is 7.32 Å². The molecule has 1 rings (SSSR count). The van der Waals surface area contributed by atoms with E-state index in [2.05, 4.69) is 4.65 Å². The van der Waals surface area contributed by atoms with E-state index in [-0.39, 0.29) is 6.61 Å². The molecule has 0 aliphatic rings. The van der Waals surface area contributed by atoms with Gasteiger partial charge in [0.2, 0.25) is 0 Å². The molecule has 4 N–H and O–H groups in total. The van der Waals surface area contributed by atoms with Crippen LogP contribution in [0.2, 0.25) is 0 Å². The molecule has 0 aliphatic carbocycles. The second-order valence-electron chi connectivity index (χ2n) is 3.00. The summed E-state index contributed by atoms with van der Waals surface area (Å²) < 4.78 is 4.53. The first-order chi connectivity index (χ1) is 7.60. The highest BCUT2D eigenvalue weighted by Crippen LogP contribution is 2.07. The molecule has 0 aliphatic heterocycles. The minimum Gasteiger partial charge on any atom is -0.512 e. The Bertz CT molecular complexity index is 251. The molecule has 1 aromatic carbocycles. The fourth-order valence-corrected chi connectivity index (χ4v) is 0.750. The quantitative estimate of drug-likeness (QED) is 0.535. The van der Waals surface area contributed by atoms with Crippen LogP contribution >= 0.6 is 0 Å². The lowest BCUT2D eigenvalue weighted by Gasteiger charge is -2.01. The van der Waals surface area contributed by atoms with Crippen molar-refractivity contribution in [3.8, 4) is 5.75 Å². The Morgan fingerprint density at radius 2 is 1.81 bits per heavy atom. The second kappa shape index (κ2) is 9.17. The zero-order valence-corrected chi connectivity index (χ0v) is 9.15. The fourth-order valence-electron chi connectivity index (χ4n) is 0.750. The van der Waals surface area contributed by atoms with E-state index < -0.39 is 13.4 Å². The Morgan fingerprint density at radius 3 is 2.12 bits per heavy atom. The summed E-state index contributed by atoms with van der Waals surface area (Å²) in [6, 6.07) is 8.59. The van der Waals surface area contributed by atoms with Crippen molar-refractivity contribution in [2.24, 2.45) is 0 Å². The highest BCUT2D eigenvalue weighted by molar-refractivity contribution is 6.33. The first kappa shape index (κ1) is 14.9. The predicted molar refractivity (Wildman–Crippen MR) is 60.6 cm³/mol. The summed E-state index contributed by atoms with van der Waals surface area (Å²) in [6.45, 7) is 1.71. The Hall–Kier alpha value is -1.08. The first-order valence-corrected chi connectivity index (χ1v) is 4.96. The van der Waals surface area contributed by atoms with E-state index in [0.29, 0.717) is 12.2 Å². The van der Waals surface area contributed by atoms with E-state index in [1.807, 2.05) is 13.0 Å². The summed E-state index contributed by atoms with van der Waals surface area (Å²) in [5.41, 5.74) is 0. The molecule has 0 bridgehead atoms. The Morgan fingerprint density at radius 1 is 1.25 bits per heavy atom. The minimum absolute atomic E-state index is 0.115. The topological polar surface area (TPSA) is 90.2 Å². The molecule has 16 heavy (non-hydrogen) atoms. The third-order valence-corrected chi connectivity index (χ3v) is 1.67. The van der Waals surface area contributed by atoms with Gasteiger partial charge in [0.25, 0.3) is 0 Å². The highest BCUT2D eigenvalue weighted by Gasteiger charge is 2.09. The van der Waals surface area contributed by atoms with Crippen LogP contribution in [-0.2, 0) is 0 Å². The van der Waals surface area contributed by atoms with E-state index in [1.54, 1.807) is 24.3 Å². The third-order valence-electron chi connectivity index (χ3n) is 1.67. The largest absolute Gasteiger partial charge is 0.707 e. The van der Waals surface area contributed by atoms with E-state index in [1.165, 1.54) is 0 Å². The summed E-state index contributed by atoms with van der Waals surface area (Å²) in [4.78, 5) is 0. The molecule has 1 atom stereocenters. The number of aliphatic hydroxyl groups excluding tert-OH is 2. The summed E-state index contributed by atoms with van der Waals surface area (Å²) in [5, 5.41) is 33.2. The fraction of sp³-hybridized carbons (Fsp3) is 0.400. The molecule has 0 heterocycles. The van der Waals surface area contributed by atoms with Crippen LogP contribution in [0.25, 0.3) is 0 Å². The van der Waals surface area contributed by atoms with Crippen LogP contribution in [0.4, 0.5) is 0 Å². The SMILES string of the molecule is CCC(O)CO.OB(O)Oc1ccccc1. The molecule has 0 amide bonds. The van der Waals surface area contributed by atoms with E-state index in [4.69, 9.17) is 20.3 Å². The number of rotatable bonds is 4. The third kappa shape index (κ3) is 8.25. The molecule has 90 valence electrons. The number of benzene rings is 1. The molecule has 0 saturated carbocycles. The number of para-hydroxylation sites is 1. The van der Waals surface area contributed by atoms with Gasteiger partial charge in [-0.15, -0.1) is 0 Å². The van der Waals surface area contributed by atoms with Gasteiger partial charge < -0.3 is 24.9 Å². The van der Waals surface area contributed by atoms with Crippen LogP contribution in [0.15, 0.2) is 30.3 Å². The van der Waals surface area contributed by atoms with Crippen LogP contribution in [0.1, 0.15) is 13.3 Å². The van der Waals surface area contributed by atoms with Crippen molar-refractivity contribution in [1.82, 2.24) is 0 Å². The van der Waals surface area contributed by atoms with Gasteiger partial charge in [-0.1, -0.05) is 25.1 Å². The average molecular weight is 228 g/mol. The van der Waals surface area contributed by atoms with Crippen LogP contribution < -0.4 is 4.65 Å². The smallest absolute Gasteiger partial charge is 0.512 e. The molecule has 0 spiro atoms. The monoisotopic (exact) mass is 228 g/mol. The lowest BCUT2D eigenvalue weighted by molar-refractivity contribution is 0.0923. The summed E-state index contributed by atoms with van der Waals surface area (Å²) in [6.07, 6.45) is 0.126. The first-order valence-electron chi connectivity index (χ1n) is 4.96. The van der Waals surface area contributed by atoms with Gasteiger partial charge in [0.05, 0.1) is 12.7 Å². The van der Waals surface area contributed by atoms with Crippen molar-refractivity contribution < 1.29 is 24.9 Å². The van der Waals surface area contributed by atoms with E-state index in [9.17, 15) is 0 Å². The highest BCUT2D eigenvalue weighted by atomic mass is 16.6. The summed E-state index contributed by atoms with van der Waals surface area (Å²) in [5.74, 6) is 0.442. The summed E-state index contributed by atoms with van der Waals surface area (Å²) in [7, 11) is -1.73. The number of hydrogen-bond acceptors (Lipinski definition) is 5. The zero-order chi connectivity index (χ0) is 12.4. The molecule has 6 heteroatoms. The molecule has 0 saturated heterocycles. The van der Waals surface area contributed by atoms with Crippen molar-refractivity contribution in [2.75, 3.05) is 6.61 Å². The van der Waals surface area contributed by atoms with Crippen molar-refractivity contribution in [3.63, 3.8) is 0 Å². The molecule has 0 radical (unpaired) electrons. The van der Waals surface area contributed by atoms with E-state index >= 15 is 0 Å². The molecule has 1 unspecified atom stereocenters. The number of aliphatic hydroxyl groups is 2. The second-order valence-corrected chi connectivity index (χ2v) is 3.00. The van der Waals surface area contributed by atoms with Gasteiger partial charge in [-0.25, -0.2) is 0 Å². The molecule has 5 nitrogen and oxygen atoms in total.